The number of phenolic OH excluding ortho intramolecular Hbond substituents is 1. The van der Waals surface area contributed by atoms with E-state index in [1.165, 1.54) is 11.6 Å². The van der Waals surface area contributed by atoms with Crippen molar-refractivity contribution in [1.82, 2.24) is 0 Å². The van der Waals surface area contributed by atoms with Gasteiger partial charge >= 0.3 is 5.97 Å². The molecule has 0 aliphatic rings. The first kappa shape index (κ1) is 22.7. The number of unbranched alkanes of at least 4 members (excludes halogenated alkanes) is 2. The Morgan fingerprint density at radius 2 is 1.81 bits per heavy atom. The lowest BCUT2D eigenvalue weighted by atomic mass is 9.94. The Morgan fingerprint density at radius 1 is 1.11 bits per heavy atom. The molecular formula is C22H31FO4. The Hall–Kier alpha value is -2.30. The van der Waals surface area contributed by atoms with Crippen LogP contribution in [0.5, 0.6) is 11.5 Å². The number of phenols is 2. The van der Waals surface area contributed by atoms with Gasteiger partial charge in [0.15, 0.2) is 0 Å². The fourth-order valence-corrected chi connectivity index (χ4v) is 2.94. The largest absolute Gasteiger partial charge is 0.508 e. The van der Waals surface area contributed by atoms with Gasteiger partial charge in [-0.2, -0.15) is 0 Å². The quantitative estimate of drug-likeness (QED) is 0.340. The predicted molar refractivity (Wildman–Crippen MR) is 106 cm³/mol. The Labute approximate surface area is 161 Å². The molecule has 1 aromatic carbocycles. The summed E-state index contributed by atoms with van der Waals surface area (Å²) in [6.07, 6.45) is 8.13. The van der Waals surface area contributed by atoms with Gasteiger partial charge in [0.2, 0.25) is 0 Å². The molecule has 0 saturated heterocycles. The molecule has 1 rings (SSSR count). The highest BCUT2D eigenvalue weighted by atomic mass is 19.1. The third-order valence-electron chi connectivity index (χ3n) is 4.50. The average molecular weight is 378 g/mol. The third kappa shape index (κ3) is 7.45. The van der Waals surface area contributed by atoms with Crippen LogP contribution < -0.4 is 0 Å². The van der Waals surface area contributed by atoms with Gasteiger partial charge in [-0.3, -0.25) is 4.39 Å². The molecule has 0 unspecified atom stereocenters. The lowest BCUT2D eigenvalue weighted by Gasteiger charge is -2.14. The van der Waals surface area contributed by atoms with Crippen LogP contribution >= 0.6 is 0 Å². The van der Waals surface area contributed by atoms with Crippen molar-refractivity contribution in [2.45, 2.75) is 65.7 Å². The minimum absolute atomic E-state index is 0.105. The zero-order chi connectivity index (χ0) is 20.4. The maximum atomic E-state index is 12.2. The summed E-state index contributed by atoms with van der Waals surface area (Å²) in [5.74, 6) is -1.71. The van der Waals surface area contributed by atoms with Crippen molar-refractivity contribution >= 4 is 5.97 Å². The summed E-state index contributed by atoms with van der Waals surface area (Å²) in [4.78, 5) is 11.6. The molecule has 0 aromatic heterocycles. The second-order valence-electron chi connectivity index (χ2n) is 7.14. The van der Waals surface area contributed by atoms with Crippen molar-refractivity contribution in [2.75, 3.05) is 6.67 Å². The van der Waals surface area contributed by atoms with Crippen LogP contribution in [0.1, 0.15) is 74.4 Å². The summed E-state index contributed by atoms with van der Waals surface area (Å²) in [5.41, 5.74) is 2.80. The van der Waals surface area contributed by atoms with Crippen molar-refractivity contribution in [3.63, 3.8) is 0 Å². The molecule has 5 heteroatoms. The summed E-state index contributed by atoms with van der Waals surface area (Å²) in [6, 6.07) is 1.42. The Balaban J connectivity index is 2.99. The van der Waals surface area contributed by atoms with Crippen LogP contribution in [-0.4, -0.2) is 28.0 Å². The highest BCUT2D eigenvalue weighted by molar-refractivity contribution is 5.93. The van der Waals surface area contributed by atoms with E-state index in [1.807, 2.05) is 26.8 Å². The highest BCUT2D eigenvalue weighted by Gasteiger charge is 2.21. The zero-order valence-electron chi connectivity index (χ0n) is 16.5. The maximum absolute atomic E-state index is 12.2. The monoisotopic (exact) mass is 378 g/mol. The fourth-order valence-electron chi connectivity index (χ4n) is 2.94. The van der Waals surface area contributed by atoms with E-state index in [9.17, 15) is 24.5 Å². The lowest BCUT2D eigenvalue weighted by molar-refractivity contribution is 0.0692. The first-order valence-corrected chi connectivity index (χ1v) is 9.42. The Morgan fingerprint density at radius 3 is 2.41 bits per heavy atom. The van der Waals surface area contributed by atoms with Crippen molar-refractivity contribution in [3.8, 4) is 11.5 Å². The standard InChI is InChI=1S/C22H31FO4/c1-15(2)8-7-9-16(3)11-12-18-19(24)14-17(10-5-4-6-13-23)20(21(18)25)22(26)27/h8,11,14,24-25H,4-7,9-10,12-13H2,1-3H3,(H,26,27)/b16-11+. The average Bonchev–Trinajstić information content (AvgIpc) is 2.57. The molecule has 0 amide bonds. The van der Waals surface area contributed by atoms with E-state index in [0.29, 0.717) is 31.2 Å². The van der Waals surface area contributed by atoms with Crippen molar-refractivity contribution in [1.29, 1.82) is 0 Å². The van der Waals surface area contributed by atoms with E-state index in [0.717, 1.165) is 18.4 Å². The zero-order valence-corrected chi connectivity index (χ0v) is 16.5. The number of rotatable bonds is 11. The smallest absolute Gasteiger partial charge is 0.339 e. The molecule has 1 aromatic rings. The number of aromatic hydroxyl groups is 2. The number of aryl methyl sites for hydroxylation is 1. The Kier molecular flexibility index (Phi) is 9.62. The topological polar surface area (TPSA) is 77.8 Å². The molecule has 0 aliphatic carbocycles. The SMILES string of the molecule is CC(C)=CCC/C(C)=C/Cc1c(O)cc(CCCCCF)c(C(=O)O)c1O. The molecule has 0 atom stereocenters. The first-order valence-electron chi connectivity index (χ1n) is 9.42. The van der Waals surface area contributed by atoms with Crippen LogP contribution in [0.25, 0.3) is 0 Å². The minimum Gasteiger partial charge on any atom is -0.508 e. The normalized spacial score (nSPS) is 11.5. The predicted octanol–water partition coefficient (Wildman–Crippen LogP) is 5.71. The summed E-state index contributed by atoms with van der Waals surface area (Å²) in [7, 11) is 0. The molecule has 27 heavy (non-hydrogen) atoms. The van der Waals surface area contributed by atoms with Crippen LogP contribution in [-0.2, 0) is 12.8 Å². The molecule has 0 spiro atoms. The number of carbonyl (C=O) groups is 1. The van der Waals surface area contributed by atoms with Crippen LogP contribution in [0.3, 0.4) is 0 Å². The number of halogens is 1. The van der Waals surface area contributed by atoms with Crippen molar-refractivity contribution < 1.29 is 24.5 Å². The number of carboxylic acid groups (broad SMARTS) is 1. The van der Waals surface area contributed by atoms with Gasteiger partial charge < -0.3 is 15.3 Å². The number of alkyl halides is 1. The number of allylic oxidation sites excluding steroid dienone is 4. The second-order valence-corrected chi connectivity index (χ2v) is 7.14. The molecule has 0 saturated carbocycles. The van der Waals surface area contributed by atoms with Gasteiger partial charge in [-0.1, -0.05) is 29.7 Å². The molecule has 0 fully saturated rings. The van der Waals surface area contributed by atoms with Crippen LogP contribution in [0, 0.1) is 0 Å². The first-order chi connectivity index (χ1) is 12.8. The van der Waals surface area contributed by atoms with Crippen LogP contribution in [0.15, 0.2) is 29.4 Å². The third-order valence-corrected chi connectivity index (χ3v) is 4.50. The van der Waals surface area contributed by atoms with Gasteiger partial charge in [-0.05, 0) is 70.9 Å². The summed E-state index contributed by atoms with van der Waals surface area (Å²) >= 11 is 0. The van der Waals surface area contributed by atoms with Gasteiger partial charge in [0.25, 0.3) is 0 Å². The number of benzene rings is 1. The minimum atomic E-state index is -1.22. The van der Waals surface area contributed by atoms with Crippen molar-refractivity contribution in [3.05, 3.63) is 46.1 Å². The molecule has 0 bridgehead atoms. The second kappa shape index (κ2) is 11.4. The summed E-state index contributed by atoms with van der Waals surface area (Å²) in [6.45, 7) is 5.66. The Bertz CT molecular complexity index is 701. The summed E-state index contributed by atoms with van der Waals surface area (Å²) < 4.78 is 12.2. The number of hydrogen-bond donors (Lipinski definition) is 3. The fraction of sp³-hybridized carbons (Fsp3) is 0.500. The number of carboxylic acids is 1. The van der Waals surface area contributed by atoms with Gasteiger partial charge in [-0.15, -0.1) is 0 Å². The van der Waals surface area contributed by atoms with Crippen LogP contribution in [0.2, 0.25) is 0 Å². The van der Waals surface area contributed by atoms with Gasteiger partial charge in [-0.25, -0.2) is 4.79 Å². The summed E-state index contributed by atoms with van der Waals surface area (Å²) in [5, 5.41) is 30.2. The van der Waals surface area contributed by atoms with Crippen molar-refractivity contribution in [2.24, 2.45) is 0 Å². The highest BCUT2D eigenvalue weighted by Crippen LogP contribution is 2.35. The molecule has 150 valence electrons. The molecular weight excluding hydrogens is 347 g/mol. The van der Waals surface area contributed by atoms with E-state index in [-0.39, 0.29) is 29.0 Å². The molecule has 3 N–H and O–H groups in total. The lowest BCUT2D eigenvalue weighted by Crippen LogP contribution is -2.06. The van der Waals surface area contributed by atoms with Gasteiger partial charge in [0, 0.05) is 5.56 Å². The van der Waals surface area contributed by atoms with Gasteiger partial charge in [0.1, 0.15) is 17.1 Å². The van der Waals surface area contributed by atoms with Crippen LogP contribution in [0.4, 0.5) is 4.39 Å². The van der Waals surface area contributed by atoms with E-state index in [4.69, 9.17) is 0 Å². The molecule has 0 heterocycles. The molecule has 0 aliphatic heterocycles. The number of hydrogen-bond acceptors (Lipinski definition) is 3. The van der Waals surface area contributed by atoms with E-state index in [2.05, 4.69) is 6.08 Å². The van der Waals surface area contributed by atoms with E-state index < -0.39 is 12.6 Å². The van der Waals surface area contributed by atoms with Gasteiger partial charge in [0.05, 0.1) is 6.67 Å². The maximum Gasteiger partial charge on any atom is 0.339 e. The van der Waals surface area contributed by atoms with E-state index >= 15 is 0 Å². The van der Waals surface area contributed by atoms with E-state index in [1.54, 1.807) is 0 Å². The molecule has 4 nitrogen and oxygen atoms in total. The number of aromatic carboxylic acids is 1. The molecule has 0 radical (unpaired) electrons.